The van der Waals surface area contributed by atoms with Gasteiger partial charge in [-0.15, -0.1) is 0 Å². The van der Waals surface area contributed by atoms with Crippen LogP contribution in [0.25, 0.3) is 0 Å². The molecule has 0 spiro atoms. The molecule has 172 valence electrons. The summed E-state index contributed by atoms with van der Waals surface area (Å²) in [6, 6.07) is 12.0. The smallest absolute Gasteiger partial charge is 0.338 e. The van der Waals surface area contributed by atoms with Crippen LogP contribution in [-0.2, 0) is 23.9 Å². The minimum absolute atomic E-state index is 0.170. The number of nitrogens with one attached hydrogen (secondary N) is 1. The number of benzene rings is 2. The predicted molar refractivity (Wildman–Crippen MR) is 119 cm³/mol. The summed E-state index contributed by atoms with van der Waals surface area (Å²) in [6.45, 7) is 1.85. The highest BCUT2D eigenvalue weighted by molar-refractivity contribution is 6.19. The second-order valence-electron chi connectivity index (χ2n) is 7.36. The van der Waals surface area contributed by atoms with Crippen molar-refractivity contribution in [1.29, 1.82) is 0 Å². The monoisotopic (exact) mass is 452 g/mol. The highest BCUT2D eigenvalue weighted by Gasteiger charge is 2.30. The van der Waals surface area contributed by atoms with Crippen LogP contribution in [0.2, 0.25) is 0 Å². The molecule has 3 rings (SSSR count). The Morgan fingerprint density at radius 2 is 1.39 bits per heavy atom. The molecular formula is C24H24N2O7. The van der Waals surface area contributed by atoms with E-state index in [1.54, 1.807) is 12.1 Å². The van der Waals surface area contributed by atoms with Crippen molar-refractivity contribution in [2.75, 3.05) is 23.4 Å². The minimum atomic E-state index is -0.721. The highest BCUT2D eigenvalue weighted by Crippen LogP contribution is 2.23. The molecule has 1 saturated heterocycles. The number of rotatable bonds is 9. The molecule has 0 unspecified atom stereocenters. The molecule has 0 saturated carbocycles. The highest BCUT2D eigenvalue weighted by atomic mass is 16.5. The van der Waals surface area contributed by atoms with E-state index in [0.29, 0.717) is 23.5 Å². The van der Waals surface area contributed by atoms with E-state index in [0.717, 1.165) is 17.7 Å². The van der Waals surface area contributed by atoms with E-state index in [1.807, 2.05) is 6.92 Å². The number of ether oxygens (including phenoxy) is 2. The van der Waals surface area contributed by atoms with E-state index in [-0.39, 0.29) is 30.2 Å². The van der Waals surface area contributed by atoms with Gasteiger partial charge < -0.3 is 14.8 Å². The molecule has 0 radical (unpaired) electrons. The molecular weight excluding hydrogens is 428 g/mol. The first-order valence-electron chi connectivity index (χ1n) is 10.6. The summed E-state index contributed by atoms with van der Waals surface area (Å²) in [5.41, 5.74) is 1.37. The maximum absolute atomic E-state index is 12.2. The third-order valence-electron chi connectivity index (χ3n) is 4.88. The second-order valence-corrected chi connectivity index (χ2v) is 7.36. The van der Waals surface area contributed by atoms with Crippen molar-refractivity contribution in [2.24, 2.45) is 0 Å². The Balaban J connectivity index is 1.47. The van der Waals surface area contributed by atoms with Crippen molar-refractivity contribution >= 4 is 41.0 Å². The zero-order valence-electron chi connectivity index (χ0n) is 18.2. The quantitative estimate of drug-likeness (QED) is 0.353. The molecule has 1 N–H and O–H groups in total. The minimum Gasteiger partial charge on any atom is -0.462 e. The normalized spacial score (nSPS) is 13.1. The average molecular weight is 452 g/mol. The van der Waals surface area contributed by atoms with Crippen molar-refractivity contribution in [2.45, 2.75) is 32.6 Å². The molecule has 2 aromatic carbocycles. The van der Waals surface area contributed by atoms with Crippen LogP contribution in [-0.4, -0.2) is 42.9 Å². The summed E-state index contributed by atoms with van der Waals surface area (Å²) < 4.78 is 10.1. The Morgan fingerprint density at radius 1 is 0.848 bits per heavy atom. The number of imide groups is 1. The van der Waals surface area contributed by atoms with Crippen LogP contribution in [0, 0.1) is 0 Å². The van der Waals surface area contributed by atoms with Crippen LogP contribution < -0.4 is 10.2 Å². The molecule has 1 heterocycles. The largest absolute Gasteiger partial charge is 0.462 e. The van der Waals surface area contributed by atoms with Crippen LogP contribution >= 0.6 is 0 Å². The first-order chi connectivity index (χ1) is 15.9. The fraction of sp³-hybridized carbons (Fsp3) is 0.292. The van der Waals surface area contributed by atoms with Crippen molar-refractivity contribution < 1.29 is 33.4 Å². The van der Waals surface area contributed by atoms with Crippen LogP contribution in [0.5, 0.6) is 0 Å². The molecule has 1 fully saturated rings. The standard InChI is InChI=1S/C24H24N2O7/c1-2-3-14-32-23(30)16-4-8-18(9-5-16)25-20(27)15-33-24(31)17-6-10-19(11-7-17)26-21(28)12-13-22(26)29/h4-11H,2-3,12-15H2,1H3,(H,25,27). The van der Waals surface area contributed by atoms with Crippen LogP contribution in [0.15, 0.2) is 48.5 Å². The third kappa shape index (κ3) is 6.25. The second kappa shape index (κ2) is 11.0. The van der Waals surface area contributed by atoms with Gasteiger partial charge in [-0.3, -0.25) is 19.3 Å². The van der Waals surface area contributed by atoms with Gasteiger partial charge in [-0.1, -0.05) is 13.3 Å². The zero-order valence-corrected chi connectivity index (χ0v) is 18.2. The summed E-state index contributed by atoms with van der Waals surface area (Å²) in [4.78, 5) is 60.8. The van der Waals surface area contributed by atoms with E-state index < -0.39 is 24.5 Å². The number of unbranched alkanes of at least 4 members (excludes halogenated alkanes) is 1. The lowest BCUT2D eigenvalue weighted by Crippen LogP contribution is -2.28. The Morgan fingerprint density at radius 3 is 1.97 bits per heavy atom. The van der Waals surface area contributed by atoms with E-state index in [2.05, 4.69) is 5.32 Å². The number of nitrogens with zero attached hydrogens (tertiary/aromatic N) is 1. The van der Waals surface area contributed by atoms with E-state index >= 15 is 0 Å². The summed E-state index contributed by atoms with van der Waals surface area (Å²) in [5.74, 6) is -2.27. The van der Waals surface area contributed by atoms with Crippen LogP contribution in [0.4, 0.5) is 11.4 Å². The van der Waals surface area contributed by atoms with Gasteiger partial charge in [-0.05, 0) is 55.0 Å². The number of amides is 3. The van der Waals surface area contributed by atoms with E-state index in [1.165, 1.54) is 36.4 Å². The van der Waals surface area contributed by atoms with Gasteiger partial charge in [-0.2, -0.15) is 0 Å². The molecule has 9 nitrogen and oxygen atoms in total. The van der Waals surface area contributed by atoms with Crippen LogP contribution in [0.1, 0.15) is 53.3 Å². The number of esters is 2. The summed E-state index contributed by atoms with van der Waals surface area (Å²) >= 11 is 0. The summed E-state index contributed by atoms with van der Waals surface area (Å²) in [7, 11) is 0. The maximum atomic E-state index is 12.2. The van der Waals surface area contributed by atoms with Gasteiger partial charge in [0.1, 0.15) is 0 Å². The van der Waals surface area contributed by atoms with Gasteiger partial charge in [0.2, 0.25) is 11.8 Å². The SMILES string of the molecule is CCCCOC(=O)c1ccc(NC(=O)COC(=O)c2ccc(N3C(=O)CCC3=O)cc2)cc1. The molecule has 1 aliphatic heterocycles. The van der Waals surface area contributed by atoms with E-state index in [4.69, 9.17) is 9.47 Å². The molecule has 1 aliphatic rings. The molecule has 2 aromatic rings. The third-order valence-corrected chi connectivity index (χ3v) is 4.88. The Hall–Kier alpha value is -4.01. The lowest BCUT2D eigenvalue weighted by atomic mass is 10.2. The number of hydrogen-bond donors (Lipinski definition) is 1. The Bertz CT molecular complexity index is 1030. The predicted octanol–water partition coefficient (Wildman–Crippen LogP) is 3.09. The van der Waals surface area contributed by atoms with Gasteiger partial charge in [0, 0.05) is 18.5 Å². The maximum Gasteiger partial charge on any atom is 0.338 e. The van der Waals surface area contributed by atoms with E-state index in [9.17, 15) is 24.0 Å². The fourth-order valence-corrected chi connectivity index (χ4v) is 3.10. The lowest BCUT2D eigenvalue weighted by Gasteiger charge is -2.14. The number of carbonyl (C=O) groups excluding carboxylic acids is 5. The van der Waals surface area contributed by atoms with Crippen LogP contribution in [0.3, 0.4) is 0 Å². The average Bonchev–Trinajstić information content (AvgIpc) is 3.16. The number of hydrogen-bond acceptors (Lipinski definition) is 7. The van der Waals surface area contributed by atoms with Gasteiger partial charge in [0.15, 0.2) is 6.61 Å². The lowest BCUT2D eigenvalue weighted by molar-refractivity contribution is -0.121. The zero-order chi connectivity index (χ0) is 23.8. The van der Waals surface area contributed by atoms with Gasteiger partial charge in [0.25, 0.3) is 5.91 Å². The first-order valence-corrected chi connectivity index (χ1v) is 10.6. The fourth-order valence-electron chi connectivity index (χ4n) is 3.10. The molecule has 0 bridgehead atoms. The Kier molecular flexibility index (Phi) is 7.91. The molecule has 0 aliphatic carbocycles. The van der Waals surface area contributed by atoms with Gasteiger partial charge in [0.05, 0.1) is 23.4 Å². The topological polar surface area (TPSA) is 119 Å². The summed E-state index contributed by atoms with van der Waals surface area (Å²) in [6.07, 6.45) is 2.06. The van der Waals surface area contributed by atoms with Gasteiger partial charge >= 0.3 is 11.9 Å². The van der Waals surface area contributed by atoms with Crippen molar-refractivity contribution in [3.63, 3.8) is 0 Å². The number of anilines is 2. The molecule has 3 amide bonds. The van der Waals surface area contributed by atoms with Crippen molar-refractivity contribution in [3.05, 3.63) is 59.7 Å². The van der Waals surface area contributed by atoms with Crippen molar-refractivity contribution in [3.8, 4) is 0 Å². The first kappa shape index (κ1) is 23.6. The molecule has 33 heavy (non-hydrogen) atoms. The van der Waals surface area contributed by atoms with Gasteiger partial charge in [-0.25, -0.2) is 9.59 Å². The Labute approximate surface area is 190 Å². The molecule has 0 atom stereocenters. The molecule has 9 heteroatoms. The molecule has 0 aromatic heterocycles. The summed E-state index contributed by atoms with van der Waals surface area (Å²) in [5, 5.41) is 2.57. The van der Waals surface area contributed by atoms with Crippen molar-refractivity contribution in [1.82, 2.24) is 0 Å². The number of carbonyl (C=O) groups is 5.